The van der Waals surface area contributed by atoms with E-state index in [1.807, 2.05) is 0 Å². The first kappa shape index (κ1) is 20.2. The summed E-state index contributed by atoms with van der Waals surface area (Å²) in [5.41, 5.74) is -0.110. The van der Waals surface area contributed by atoms with Gasteiger partial charge in [0.05, 0.1) is 17.4 Å². The number of hydrogen-bond acceptors (Lipinski definition) is 5. The van der Waals surface area contributed by atoms with Crippen molar-refractivity contribution < 1.29 is 24.4 Å². The van der Waals surface area contributed by atoms with Crippen molar-refractivity contribution in [3.05, 3.63) is 69.2 Å². The molecule has 0 saturated heterocycles. The Balaban J connectivity index is 2.21. The molecule has 0 aliphatic carbocycles. The number of nitrogens with zero attached hydrogens (tertiary/aromatic N) is 1. The van der Waals surface area contributed by atoms with Crippen LogP contribution in [-0.4, -0.2) is 28.0 Å². The van der Waals surface area contributed by atoms with E-state index < -0.39 is 35.4 Å². The quantitative estimate of drug-likeness (QED) is 0.525. The van der Waals surface area contributed by atoms with Gasteiger partial charge in [-0.25, -0.2) is 0 Å². The summed E-state index contributed by atoms with van der Waals surface area (Å²) in [6.45, 7) is 1.51. The second-order valence-electron chi connectivity index (χ2n) is 5.70. The fourth-order valence-electron chi connectivity index (χ4n) is 2.37. The minimum atomic E-state index is -1.19. The van der Waals surface area contributed by atoms with Crippen LogP contribution in [0.4, 0.5) is 5.69 Å². The molecule has 0 aromatic heterocycles. The van der Waals surface area contributed by atoms with Crippen molar-refractivity contribution in [3.63, 3.8) is 0 Å². The van der Waals surface area contributed by atoms with Gasteiger partial charge in [0.2, 0.25) is 0 Å². The van der Waals surface area contributed by atoms with Gasteiger partial charge in [-0.3, -0.25) is 19.7 Å². The molecule has 142 valence electrons. The number of para-hydroxylation sites is 1. The summed E-state index contributed by atoms with van der Waals surface area (Å²) in [6, 6.07) is 11.2. The zero-order valence-corrected chi connectivity index (χ0v) is 15.1. The van der Waals surface area contributed by atoms with Crippen LogP contribution in [0.15, 0.2) is 48.5 Å². The third-order valence-corrected chi connectivity index (χ3v) is 4.03. The number of nitro benzene ring substituents is 1. The first-order valence-corrected chi connectivity index (χ1v) is 8.33. The van der Waals surface area contributed by atoms with Crippen LogP contribution in [0.1, 0.15) is 24.9 Å². The maximum Gasteiger partial charge on any atom is 0.305 e. The second-order valence-corrected chi connectivity index (χ2v) is 6.10. The molecule has 0 heterocycles. The number of nitrogens with one attached hydrogen (secondary N) is 1. The number of carbonyl (C=O) groups excluding carboxylic acids is 1. The number of hydrogen-bond donors (Lipinski definition) is 2. The van der Waals surface area contributed by atoms with Gasteiger partial charge in [0.25, 0.3) is 11.6 Å². The van der Waals surface area contributed by atoms with Crippen LogP contribution in [0.25, 0.3) is 0 Å². The molecule has 0 bridgehead atoms. The smallest absolute Gasteiger partial charge is 0.305 e. The highest BCUT2D eigenvalue weighted by Gasteiger charge is 2.25. The molecule has 9 heteroatoms. The summed E-state index contributed by atoms with van der Waals surface area (Å²) >= 11 is 6.07. The van der Waals surface area contributed by atoms with Crippen LogP contribution in [0.3, 0.4) is 0 Å². The van der Waals surface area contributed by atoms with Gasteiger partial charge in [-0.1, -0.05) is 29.8 Å². The van der Waals surface area contributed by atoms with Crippen LogP contribution in [0.2, 0.25) is 5.02 Å². The average molecular weight is 393 g/mol. The second kappa shape index (κ2) is 9.00. The molecule has 0 spiro atoms. The molecule has 2 N–H and O–H groups in total. The van der Waals surface area contributed by atoms with Crippen molar-refractivity contribution in [1.82, 2.24) is 5.32 Å². The van der Waals surface area contributed by atoms with Crippen molar-refractivity contribution in [2.24, 2.45) is 0 Å². The number of ether oxygens (including phenoxy) is 1. The van der Waals surface area contributed by atoms with Gasteiger partial charge >= 0.3 is 5.97 Å². The summed E-state index contributed by atoms with van der Waals surface area (Å²) < 4.78 is 5.51. The van der Waals surface area contributed by atoms with E-state index in [9.17, 15) is 19.7 Å². The number of aliphatic carboxylic acids is 1. The molecule has 0 aliphatic heterocycles. The molecule has 0 radical (unpaired) electrons. The minimum absolute atomic E-state index is 0.115. The lowest BCUT2D eigenvalue weighted by molar-refractivity contribution is -0.384. The summed E-state index contributed by atoms with van der Waals surface area (Å²) in [7, 11) is 0. The molecule has 2 aromatic rings. The molecule has 0 aliphatic rings. The Labute approximate surface area is 159 Å². The van der Waals surface area contributed by atoms with Gasteiger partial charge in [0.15, 0.2) is 6.10 Å². The van der Waals surface area contributed by atoms with E-state index >= 15 is 0 Å². The molecule has 0 unspecified atom stereocenters. The highest BCUT2D eigenvalue weighted by atomic mass is 35.5. The van der Waals surface area contributed by atoms with E-state index in [0.717, 1.165) is 6.07 Å². The van der Waals surface area contributed by atoms with Crippen LogP contribution >= 0.6 is 11.6 Å². The molecule has 2 rings (SSSR count). The first-order valence-electron chi connectivity index (χ1n) is 7.95. The normalized spacial score (nSPS) is 12.7. The van der Waals surface area contributed by atoms with E-state index in [2.05, 4.69) is 5.32 Å². The van der Waals surface area contributed by atoms with Crippen LogP contribution in [0, 0.1) is 10.1 Å². The number of carboxylic acid groups (broad SMARTS) is 1. The molecule has 0 fully saturated rings. The minimum Gasteiger partial charge on any atom is -0.481 e. The molecular formula is C18H17ClN2O6. The summed E-state index contributed by atoms with van der Waals surface area (Å²) in [4.78, 5) is 34.0. The first-order chi connectivity index (χ1) is 12.8. The molecule has 27 heavy (non-hydrogen) atoms. The van der Waals surface area contributed by atoms with Crippen LogP contribution < -0.4 is 10.1 Å². The summed E-state index contributed by atoms with van der Waals surface area (Å²) in [5, 5.41) is 22.8. The zero-order valence-electron chi connectivity index (χ0n) is 14.3. The molecule has 0 saturated carbocycles. The fourth-order valence-corrected chi connectivity index (χ4v) is 2.62. The van der Waals surface area contributed by atoms with Crippen molar-refractivity contribution in [3.8, 4) is 5.75 Å². The van der Waals surface area contributed by atoms with E-state index in [0.29, 0.717) is 5.75 Å². The molecular weight excluding hydrogens is 376 g/mol. The van der Waals surface area contributed by atoms with Crippen molar-refractivity contribution in [1.29, 1.82) is 0 Å². The van der Waals surface area contributed by atoms with Crippen LogP contribution in [0.5, 0.6) is 5.75 Å². The summed E-state index contributed by atoms with van der Waals surface area (Å²) in [5.74, 6) is -1.30. The summed E-state index contributed by atoms with van der Waals surface area (Å²) in [6.07, 6.45) is -1.41. The Morgan fingerprint density at radius 2 is 1.93 bits per heavy atom. The lowest BCUT2D eigenvalue weighted by Gasteiger charge is -2.21. The average Bonchev–Trinajstić information content (AvgIpc) is 2.61. The Kier molecular flexibility index (Phi) is 6.73. The highest BCUT2D eigenvalue weighted by Crippen LogP contribution is 2.29. The molecule has 1 amide bonds. The Bertz CT molecular complexity index is 843. The van der Waals surface area contributed by atoms with Gasteiger partial charge in [0.1, 0.15) is 5.75 Å². The van der Waals surface area contributed by atoms with Gasteiger partial charge in [-0.05, 0) is 25.1 Å². The van der Waals surface area contributed by atoms with E-state index in [4.69, 9.17) is 21.4 Å². The van der Waals surface area contributed by atoms with Gasteiger partial charge < -0.3 is 15.2 Å². The van der Waals surface area contributed by atoms with E-state index in [1.165, 1.54) is 19.1 Å². The van der Waals surface area contributed by atoms with Gasteiger partial charge in [0, 0.05) is 22.7 Å². The maximum atomic E-state index is 12.4. The Hall–Kier alpha value is -3.13. The van der Waals surface area contributed by atoms with Crippen molar-refractivity contribution in [2.45, 2.75) is 25.5 Å². The predicted octanol–water partition coefficient (Wildman–Crippen LogP) is 3.35. The number of halogens is 1. The third kappa shape index (κ3) is 5.68. The third-order valence-electron chi connectivity index (χ3n) is 3.69. The van der Waals surface area contributed by atoms with E-state index in [-0.39, 0.29) is 16.3 Å². The van der Waals surface area contributed by atoms with Crippen molar-refractivity contribution >= 4 is 29.2 Å². The fraction of sp³-hybridized carbons (Fsp3) is 0.222. The number of non-ortho nitro benzene ring substituents is 1. The van der Waals surface area contributed by atoms with Gasteiger partial charge in [-0.2, -0.15) is 0 Å². The number of rotatable bonds is 8. The number of benzene rings is 2. The maximum absolute atomic E-state index is 12.4. The largest absolute Gasteiger partial charge is 0.481 e. The standard InChI is InChI=1S/C18H17ClN2O6/c1-11(27-13-5-3-2-4-6-13)18(24)20-16(10-17(22)23)14-9-12(21(25)26)7-8-15(14)19/h2-9,11,16H,10H2,1H3,(H,20,24)(H,22,23)/t11-,16+/m0/s1. The van der Waals surface area contributed by atoms with Crippen LogP contribution in [-0.2, 0) is 9.59 Å². The van der Waals surface area contributed by atoms with Gasteiger partial charge in [-0.15, -0.1) is 0 Å². The monoisotopic (exact) mass is 392 g/mol. The zero-order chi connectivity index (χ0) is 20.0. The number of carbonyl (C=O) groups is 2. The highest BCUT2D eigenvalue weighted by molar-refractivity contribution is 6.31. The number of carboxylic acids is 1. The predicted molar refractivity (Wildman–Crippen MR) is 97.8 cm³/mol. The Morgan fingerprint density at radius 3 is 2.52 bits per heavy atom. The SMILES string of the molecule is C[C@H](Oc1ccccc1)C(=O)N[C@H](CC(=O)O)c1cc([N+](=O)[O-])ccc1Cl. The molecule has 2 atom stereocenters. The number of nitro groups is 1. The number of amides is 1. The lowest BCUT2D eigenvalue weighted by Crippen LogP contribution is -2.39. The topological polar surface area (TPSA) is 119 Å². The lowest BCUT2D eigenvalue weighted by atomic mass is 10.0. The van der Waals surface area contributed by atoms with E-state index in [1.54, 1.807) is 30.3 Å². The molecule has 2 aromatic carbocycles. The Morgan fingerprint density at radius 1 is 1.26 bits per heavy atom. The molecule has 8 nitrogen and oxygen atoms in total. The van der Waals surface area contributed by atoms with Crippen molar-refractivity contribution in [2.75, 3.05) is 0 Å².